The smallest absolute Gasteiger partial charge is 0.135 e. The fraction of sp³-hybridized carbons (Fsp3) is 0. The Kier molecular flexibility index (Phi) is 5.35. The monoisotopic (exact) mass is 598 g/mol. The molecule has 218 valence electrons. The number of terminal acetylenes is 1. The van der Waals surface area contributed by atoms with Gasteiger partial charge < -0.3 is 13.6 Å². The van der Waals surface area contributed by atoms with Gasteiger partial charge in [-0.1, -0.05) is 78.7 Å². The summed E-state index contributed by atoms with van der Waals surface area (Å²) in [6.45, 7) is 0. The Morgan fingerprint density at radius 2 is 0.957 bits per heavy atom. The lowest BCUT2D eigenvalue weighted by atomic mass is 10.0. The fourth-order valence-electron chi connectivity index (χ4n) is 7.45. The van der Waals surface area contributed by atoms with Crippen LogP contribution in [0, 0.1) is 12.3 Å². The number of fused-ring (bicyclic) bond motifs is 9. The van der Waals surface area contributed by atoms with Crippen molar-refractivity contribution in [1.82, 2.24) is 9.13 Å². The number of benzene rings is 7. The third-order valence-electron chi connectivity index (χ3n) is 9.57. The molecule has 0 saturated heterocycles. The van der Waals surface area contributed by atoms with E-state index in [4.69, 9.17) is 10.8 Å². The Morgan fingerprint density at radius 3 is 1.64 bits per heavy atom. The highest BCUT2D eigenvalue weighted by molar-refractivity contribution is 6.12. The van der Waals surface area contributed by atoms with Crippen LogP contribution < -0.4 is 0 Å². The zero-order valence-corrected chi connectivity index (χ0v) is 25.3. The Bertz CT molecular complexity index is 2870. The topological polar surface area (TPSA) is 23.0 Å². The maximum Gasteiger partial charge on any atom is 0.135 e. The summed E-state index contributed by atoms with van der Waals surface area (Å²) in [4.78, 5) is 0. The van der Waals surface area contributed by atoms with E-state index in [2.05, 4.69) is 161 Å². The molecule has 0 fully saturated rings. The third kappa shape index (κ3) is 3.76. The van der Waals surface area contributed by atoms with Crippen molar-refractivity contribution in [2.45, 2.75) is 0 Å². The van der Waals surface area contributed by atoms with Gasteiger partial charge in [-0.3, -0.25) is 0 Å². The maximum absolute atomic E-state index is 6.36. The van der Waals surface area contributed by atoms with Crippen molar-refractivity contribution in [3.05, 3.63) is 157 Å². The van der Waals surface area contributed by atoms with Gasteiger partial charge in [-0.15, -0.1) is 6.42 Å². The summed E-state index contributed by atoms with van der Waals surface area (Å²) in [5.74, 6) is 2.80. The van der Waals surface area contributed by atoms with Crippen molar-refractivity contribution in [2.75, 3.05) is 0 Å². The van der Waals surface area contributed by atoms with Gasteiger partial charge in [0.05, 0.1) is 22.1 Å². The summed E-state index contributed by atoms with van der Waals surface area (Å²) in [6.07, 6.45) is 5.77. The Balaban J connectivity index is 1.14. The first-order valence-corrected chi connectivity index (χ1v) is 15.8. The van der Waals surface area contributed by atoms with Gasteiger partial charge in [0.2, 0.25) is 0 Å². The van der Waals surface area contributed by atoms with Crippen molar-refractivity contribution in [2.24, 2.45) is 0 Å². The highest BCUT2D eigenvalue weighted by Gasteiger charge is 2.16. The van der Waals surface area contributed by atoms with Gasteiger partial charge in [-0.25, -0.2) is 0 Å². The summed E-state index contributed by atoms with van der Waals surface area (Å²) >= 11 is 0. The van der Waals surface area contributed by atoms with Gasteiger partial charge in [0.15, 0.2) is 0 Å². The predicted octanol–water partition coefficient (Wildman–Crippen LogP) is 11.4. The Labute approximate surface area is 270 Å². The SMILES string of the molecule is C#Cc1ccc2c(c1)c1ccccc1n2-c1cccc(-c2ccc3oc4ccc(-n5c6ccccc6c6ccccc65)cc4c3c2)c1. The number of hydrogen-bond donors (Lipinski definition) is 0. The molecule has 0 atom stereocenters. The molecule has 0 aliphatic rings. The van der Waals surface area contributed by atoms with Crippen LogP contribution in [-0.4, -0.2) is 9.13 Å². The average molecular weight is 599 g/mol. The van der Waals surface area contributed by atoms with Crippen molar-refractivity contribution in [3.8, 4) is 34.8 Å². The molecule has 0 unspecified atom stereocenters. The number of para-hydroxylation sites is 3. The van der Waals surface area contributed by atoms with Crippen LogP contribution >= 0.6 is 0 Å². The van der Waals surface area contributed by atoms with Crippen LogP contribution in [0.4, 0.5) is 0 Å². The quantitative estimate of drug-likeness (QED) is 0.186. The molecule has 10 aromatic rings. The van der Waals surface area contributed by atoms with E-state index < -0.39 is 0 Å². The second-order valence-corrected chi connectivity index (χ2v) is 12.1. The molecule has 0 spiro atoms. The lowest BCUT2D eigenvalue weighted by molar-refractivity contribution is 0.669. The molecule has 0 N–H and O–H groups in total. The molecular weight excluding hydrogens is 572 g/mol. The van der Waals surface area contributed by atoms with E-state index in [0.717, 1.165) is 66.4 Å². The second-order valence-electron chi connectivity index (χ2n) is 12.1. The predicted molar refractivity (Wildman–Crippen MR) is 196 cm³/mol. The highest BCUT2D eigenvalue weighted by Crippen LogP contribution is 2.38. The molecule has 0 saturated carbocycles. The zero-order chi connectivity index (χ0) is 31.1. The molecule has 10 rings (SSSR count). The second kappa shape index (κ2) is 9.75. The molecule has 0 radical (unpaired) electrons. The van der Waals surface area contributed by atoms with Crippen molar-refractivity contribution >= 4 is 65.6 Å². The van der Waals surface area contributed by atoms with Gasteiger partial charge in [-0.2, -0.15) is 0 Å². The number of furan rings is 1. The van der Waals surface area contributed by atoms with Crippen LogP contribution in [0.1, 0.15) is 5.56 Å². The minimum Gasteiger partial charge on any atom is -0.456 e. The Hall–Kier alpha value is -6.50. The minimum absolute atomic E-state index is 0.881. The van der Waals surface area contributed by atoms with Crippen molar-refractivity contribution < 1.29 is 4.42 Å². The first-order valence-electron chi connectivity index (χ1n) is 15.8. The number of hydrogen-bond acceptors (Lipinski definition) is 1. The van der Waals surface area contributed by atoms with E-state index in [-0.39, 0.29) is 0 Å². The van der Waals surface area contributed by atoms with E-state index in [1.165, 1.54) is 27.2 Å². The first kappa shape index (κ1) is 25.8. The first-order chi connectivity index (χ1) is 23.2. The largest absolute Gasteiger partial charge is 0.456 e. The van der Waals surface area contributed by atoms with Crippen LogP contribution in [0.15, 0.2) is 156 Å². The molecule has 3 heteroatoms. The van der Waals surface area contributed by atoms with Gasteiger partial charge in [0.1, 0.15) is 11.2 Å². The standard InChI is InChI=1S/C44H26N2O/c1-2-28-18-21-42-36(24-28)35-14-5-8-17-41(35)45(42)31-11-9-10-29(25-31)30-19-22-43-37(26-30)38-27-32(20-23-44(38)47-43)46-39-15-6-3-12-33(39)34-13-4-7-16-40(34)46/h1,3-27H. The van der Waals surface area contributed by atoms with Gasteiger partial charge in [-0.05, 0) is 90.0 Å². The summed E-state index contributed by atoms with van der Waals surface area (Å²) in [6, 6.07) is 53.8. The molecule has 3 aromatic heterocycles. The summed E-state index contributed by atoms with van der Waals surface area (Å²) in [5.41, 5.74) is 11.8. The van der Waals surface area contributed by atoms with Crippen LogP contribution in [0.3, 0.4) is 0 Å². The maximum atomic E-state index is 6.36. The lowest BCUT2D eigenvalue weighted by Gasteiger charge is -2.11. The molecule has 47 heavy (non-hydrogen) atoms. The van der Waals surface area contributed by atoms with E-state index in [0.29, 0.717) is 0 Å². The number of rotatable bonds is 3. The van der Waals surface area contributed by atoms with Gasteiger partial charge in [0.25, 0.3) is 0 Å². The molecule has 0 aliphatic carbocycles. The van der Waals surface area contributed by atoms with Crippen molar-refractivity contribution in [1.29, 1.82) is 0 Å². The molecule has 0 bridgehead atoms. The lowest BCUT2D eigenvalue weighted by Crippen LogP contribution is -1.94. The van der Waals surface area contributed by atoms with Crippen LogP contribution in [0.25, 0.3) is 88.1 Å². The third-order valence-corrected chi connectivity index (χ3v) is 9.57. The summed E-state index contributed by atoms with van der Waals surface area (Å²) in [7, 11) is 0. The molecule has 3 heterocycles. The summed E-state index contributed by atoms with van der Waals surface area (Å²) in [5, 5.41) is 7.06. The number of nitrogens with zero attached hydrogens (tertiary/aromatic N) is 2. The van der Waals surface area contributed by atoms with E-state index in [1.54, 1.807) is 0 Å². The van der Waals surface area contributed by atoms with Crippen molar-refractivity contribution in [3.63, 3.8) is 0 Å². The zero-order valence-electron chi connectivity index (χ0n) is 25.3. The van der Waals surface area contributed by atoms with E-state index in [1.807, 2.05) is 6.07 Å². The van der Waals surface area contributed by atoms with Crippen LogP contribution in [0.2, 0.25) is 0 Å². The molecule has 0 amide bonds. The fourth-order valence-corrected chi connectivity index (χ4v) is 7.45. The van der Waals surface area contributed by atoms with Crippen LogP contribution in [0.5, 0.6) is 0 Å². The normalized spacial score (nSPS) is 11.8. The molecule has 7 aromatic carbocycles. The number of aromatic nitrogens is 2. The van der Waals surface area contributed by atoms with Gasteiger partial charge >= 0.3 is 0 Å². The minimum atomic E-state index is 0.881. The Morgan fingerprint density at radius 1 is 0.404 bits per heavy atom. The van der Waals surface area contributed by atoms with Gasteiger partial charge in [0, 0.05) is 49.3 Å². The van der Waals surface area contributed by atoms with E-state index in [9.17, 15) is 0 Å². The summed E-state index contributed by atoms with van der Waals surface area (Å²) < 4.78 is 11.0. The average Bonchev–Trinajstić information content (AvgIpc) is 3.78. The molecule has 0 aliphatic heterocycles. The molecular formula is C44H26N2O. The van der Waals surface area contributed by atoms with Crippen LogP contribution in [-0.2, 0) is 0 Å². The molecule has 3 nitrogen and oxygen atoms in total. The highest BCUT2D eigenvalue weighted by atomic mass is 16.3. The van der Waals surface area contributed by atoms with E-state index >= 15 is 0 Å².